The summed E-state index contributed by atoms with van der Waals surface area (Å²) in [5.41, 5.74) is 6.01. The van der Waals surface area contributed by atoms with Crippen LogP contribution in [0.4, 0.5) is 10.5 Å². The van der Waals surface area contributed by atoms with Crippen LogP contribution in [0.15, 0.2) is 47.4 Å². The Balaban J connectivity index is 1.71. The zero-order chi connectivity index (χ0) is 23.3. The molecule has 166 valence electrons. The van der Waals surface area contributed by atoms with E-state index in [1.165, 1.54) is 13.2 Å². The number of hydrogen-bond donors (Lipinski definition) is 2. The summed E-state index contributed by atoms with van der Waals surface area (Å²) in [5, 5.41) is 2.35. The van der Waals surface area contributed by atoms with Crippen molar-refractivity contribution in [2.45, 2.75) is 0 Å². The van der Waals surface area contributed by atoms with Gasteiger partial charge in [-0.1, -0.05) is 29.8 Å². The fourth-order valence-corrected chi connectivity index (χ4v) is 3.75. The lowest BCUT2D eigenvalue weighted by atomic mass is 10.2. The lowest BCUT2D eigenvalue weighted by Gasteiger charge is -2.13. The molecular formula is C21H18ClN3O6S. The van der Waals surface area contributed by atoms with Gasteiger partial charge in [0, 0.05) is 0 Å². The van der Waals surface area contributed by atoms with E-state index in [-0.39, 0.29) is 11.5 Å². The highest BCUT2D eigenvalue weighted by Gasteiger charge is 2.36. The number of imide groups is 1. The van der Waals surface area contributed by atoms with E-state index >= 15 is 0 Å². The summed E-state index contributed by atoms with van der Waals surface area (Å²) in [6.45, 7) is -0.763. The number of amides is 4. The number of nitrogens with zero attached hydrogens (tertiary/aromatic N) is 1. The van der Waals surface area contributed by atoms with Crippen LogP contribution in [0, 0.1) is 0 Å². The maximum atomic E-state index is 12.7. The van der Waals surface area contributed by atoms with Crippen LogP contribution >= 0.6 is 23.4 Å². The van der Waals surface area contributed by atoms with Gasteiger partial charge in [0.25, 0.3) is 17.1 Å². The Hall–Kier alpha value is -3.50. The van der Waals surface area contributed by atoms with Crippen molar-refractivity contribution >= 4 is 58.1 Å². The normalized spacial score (nSPS) is 14.6. The van der Waals surface area contributed by atoms with Gasteiger partial charge in [-0.15, -0.1) is 0 Å². The van der Waals surface area contributed by atoms with Gasteiger partial charge in [-0.3, -0.25) is 24.1 Å². The van der Waals surface area contributed by atoms with Gasteiger partial charge in [0.15, 0.2) is 18.1 Å². The first kappa shape index (κ1) is 23.2. The lowest BCUT2D eigenvalue weighted by Crippen LogP contribution is -2.36. The molecule has 0 radical (unpaired) electrons. The van der Waals surface area contributed by atoms with Crippen LogP contribution in [0.3, 0.4) is 0 Å². The number of nitrogens with one attached hydrogen (secondary N) is 1. The summed E-state index contributed by atoms with van der Waals surface area (Å²) in [6, 6.07) is 11.4. The molecule has 32 heavy (non-hydrogen) atoms. The van der Waals surface area contributed by atoms with E-state index in [1.807, 2.05) is 0 Å². The molecule has 1 aliphatic rings. The van der Waals surface area contributed by atoms with Gasteiger partial charge >= 0.3 is 0 Å². The molecule has 3 rings (SSSR count). The van der Waals surface area contributed by atoms with Gasteiger partial charge in [-0.2, -0.15) is 0 Å². The molecule has 0 unspecified atom stereocenters. The summed E-state index contributed by atoms with van der Waals surface area (Å²) < 4.78 is 10.5. The van der Waals surface area contributed by atoms with Crippen molar-refractivity contribution < 1.29 is 28.7 Å². The summed E-state index contributed by atoms with van der Waals surface area (Å²) in [6.07, 6.45) is 1.50. The third kappa shape index (κ3) is 5.59. The zero-order valence-corrected chi connectivity index (χ0v) is 18.4. The summed E-state index contributed by atoms with van der Waals surface area (Å²) >= 11 is 6.73. The molecule has 0 bridgehead atoms. The second kappa shape index (κ2) is 10.2. The van der Waals surface area contributed by atoms with Gasteiger partial charge < -0.3 is 20.5 Å². The first-order valence-corrected chi connectivity index (χ1v) is 10.4. The Morgan fingerprint density at radius 3 is 2.62 bits per heavy atom. The highest BCUT2D eigenvalue weighted by molar-refractivity contribution is 8.18. The minimum absolute atomic E-state index is 0.147. The zero-order valence-electron chi connectivity index (χ0n) is 16.8. The van der Waals surface area contributed by atoms with Crippen LogP contribution in [0.5, 0.6) is 11.5 Å². The number of carbonyl (C=O) groups is 4. The maximum Gasteiger partial charge on any atom is 0.294 e. The molecule has 9 nitrogen and oxygen atoms in total. The molecule has 1 heterocycles. The van der Waals surface area contributed by atoms with Gasteiger partial charge in [0.1, 0.15) is 6.54 Å². The minimum Gasteiger partial charge on any atom is -0.493 e. The van der Waals surface area contributed by atoms with Crippen LogP contribution in [-0.2, 0) is 14.4 Å². The van der Waals surface area contributed by atoms with Crippen molar-refractivity contribution in [2.24, 2.45) is 5.73 Å². The van der Waals surface area contributed by atoms with Gasteiger partial charge in [-0.25, -0.2) is 0 Å². The number of methoxy groups -OCH3 is 1. The molecule has 4 amide bonds. The molecule has 1 saturated heterocycles. The summed E-state index contributed by atoms with van der Waals surface area (Å²) in [5.74, 6) is -1.17. The number of anilines is 1. The van der Waals surface area contributed by atoms with Crippen LogP contribution in [0.1, 0.15) is 5.56 Å². The maximum absolute atomic E-state index is 12.7. The van der Waals surface area contributed by atoms with E-state index in [1.54, 1.807) is 42.5 Å². The van der Waals surface area contributed by atoms with Crippen LogP contribution in [-0.4, -0.2) is 48.1 Å². The molecular weight excluding hydrogens is 458 g/mol. The fourth-order valence-electron chi connectivity index (χ4n) is 2.73. The van der Waals surface area contributed by atoms with Gasteiger partial charge in [-0.05, 0) is 47.7 Å². The number of carbonyl (C=O) groups excluding carboxylic acids is 4. The highest BCUT2D eigenvalue weighted by Crippen LogP contribution is 2.34. The number of hydrogen-bond acceptors (Lipinski definition) is 7. The largest absolute Gasteiger partial charge is 0.493 e. The second-order valence-electron chi connectivity index (χ2n) is 6.46. The smallest absolute Gasteiger partial charge is 0.294 e. The number of nitrogens with two attached hydrogens (primary N) is 1. The monoisotopic (exact) mass is 475 g/mol. The summed E-state index contributed by atoms with van der Waals surface area (Å²) in [7, 11) is 1.42. The Bertz CT molecular complexity index is 1120. The molecule has 0 spiro atoms. The van der Waals surface area contributed by atoms with Crippen molar-refractivity contribution in [1.29, 1.82) is 0 Å². The van der Waals surface area contributed by atoms with E-state index < -0.39 is 29.5 Å². The molecule has 11 heteroatoms. The van der Waals surface area contributed by atoms with Crippen molar-refractivity contribution in [3.05, 3.63) is 58.0 Å². The van der Waals surface area contributed by atoms with Crippen molar-refractivity contribution in [2.75, 3.05) is 25.6 Å². The van der Waals surface area contributed by atoms with Crippen molar-refractivity contribution in [3.63, 3.8) is 0 Å². The molecule has 1 aliphatic heterocycles. The number of ether oxygens (including phenoxy) is 2. The molecule has 0 saturated carbocycles. The number of benzene rings is 2. The standard InChI is InChI=1S/C21H18ClN3O6S/c1-30-16-8-12(6-7-15(16)31-11-18(23)26)9-17-20(28)25(21(29)32-17)10-19(27)24-14-5-3-2-4-13(14)22/h2-9H,10-11H2,1H3,(H2,23,26)(H,24,27)/b17-9+. The van der Waals surface area contributed by atoms with Crippen LogP contribution in [0.25, 0.3) is 6.08 Å². The second-order valence-corrected chi connectivity index (χ2v) is 7.86. The molecule has 0 aromatic heterocycles. The van der Waals surface area contributed by atoms with E-state index in [2.05, 4.69) is 5.32 Å². The number of primary amides is 1. The lowest BCUT2D eigenvalue weighted by molar-refractivity contribution is -0.127. The molecule has 3 N–H and O–H groups in total. The quantitative estimate of drug-likeness (QED) is 0.562. The molecule has 2 aromatic carbocycles. The number of rotatable bonds is 8. The van der Waals surface area contributed by atoms with Crippen molar-refractivity contribution in [1.82, 2.24) is 4.90 Å². The Kier molecular flexibility index (Phi) is 7.39. The predicted octanol–water partition coefficient (Wildman–Crippen LogP) is 2.89. The van der Waals surface area contributed by atoms with Gasteiger partial charge in [0.2, 0.25) is 5.91 Å². The Morgan fingerprint density at radius 1 is 1.19 bits per heavy atom. The Labute approximate surface area is 192 Å². The molecule has 1 fully saturated rings. The Morgan fingerprint density at radius 2 is 1.94 bits per heavy atom. The van der Waals surface area contributed by atoms with E-state index in [0.717, 1.165) is 16.7 Å². The van der Waals surface area contributed by atoms with Crippen molar-refractivity contribution in [3.8, 4) is 11.5 Å². The van der Waals surface area contributed by atoms with E-state index in [9.17, 15) is 19.2 Å². The van der Waals surface area contributed by atoms with E-state index in [4.69, 9.17) is 26.8 Å². The minimum atomic E-state index is -0.636. The van der Waals surface area contributed by atoms with E-state index in [0.29, 0.717) is 27.8 Å². The number of thioether (sulfide) groups is 1. The molecule has 0 atom stereocenters. The first-order valence-electron chi connectivity index (χ1n) is 9.17. The average Bonchev–Trinajstić information content (AvgIpc) is 3.01. The third-order valence-corrected chi connectivity index (χ3v) is 5.42. The first-order chi connectivity index (χ1) is 15.3. The molecule has 0 aliphatic carbocycles. The number of para-hydroxylation sites is 1. The highest BCUT2D eigenvalue weighted by atomic mass is 35.5. The SMILES string of the molecule is COc1cc(/C=C2/SC(=O)N(CC(=O)Nc3ccccc3Cl)C2=O)ccc1OCC(N)=O. The predicted molar refractivity (Wildman–Crippen MR) is 120 cm³/mol. The average molecular weight is 476 g/mol. The fraction of sp³-hybridized carbons (Fsp3) is 0.143. The number of halogens is 1. The third-order valence-electron chi connectivity index (χ3n) is 4.18. The van der Waals surface area contributed by atoms with Gasteiger partial charge in [0.05, 0.1) is 22.7 Å². The summed E-state index contributed by atoms with van der Waals surface area (Å²) in [4.78, 5) is 49.2. The van der Waals surface area contributed by atoms with Crippen LogP contribution < -0.4 is 20.5 Å². The molecule has 2 aromatic rings. The topological polar surface area (TPSA) is 128 Å². The van der Waals surface area contributed by atoms with Crippen LogP contribution in [0.2, 0.25) is 5.02 Å².